The molecule has 1 N–H and O–H groups in total. The molecule has 2 aromatic carbocycles. The number of nitrogens with zero attached hydrogens (tertiary/aromatic N) is 3. The molecule has 2 aromatic heterocycles. The number of benzene rings is 2. The molecule has 0 atom stereocenters. The number of anilines is 1. The number of nitrogens with one attached hydrogen (secondary N) is 1. The third-order valence-electron chi connectivity index (χ3n) is 4.37. The number of hydrogen-bond donors (Lipinski definition) is 1. The molecule has 0 bridgehead atoms. The normalized spacial score (nSPS) is 10.8. The van der Waals surface area contributed by atoms with Gasteiger partial charge in [0.25, 0.3) is 5.56 Å². The summed E-state index contributed by atoms with van der Waals surface area (Å²) in [5, 5.41) is 3.29. The summed E-state index contributed by atoms with van der Waals surface area (Å²) in [6.45, 7) is -0.0807. The van der Waals surface area contributed by atoms with Gasteiger partial charge in [-0.2, -0.15) is 0 Å². The van der Waals surface area contributed by atoms with Crippen LogP contribution >= 0.6 is 0 Å². The number of hydrogen-bond acceptors (Lipinski definition) is 4. The molecule has 7 heteroatoms. The van der Waals surface area contributed by atoms with E-state index in [1.54, 1.807) is 42.3 Å². The number of amides is 1. The molecule has 2 heterocycles. The van der Waals surface area contributed by atoms with Gasteiger partial charge in [-0.1, -0.05) is 30.3 Å². The summed E-state index contributed by atoms with van der Waals surface area (Å²) in [5.74, 6) is 0.267. The predicted octanol–water partition coefficient (Wildman–Crippen LogP) is 2.83. The van der Waals surface area contributed by atoms with Crippen LogP contribution in [0.25, 0.3) is 16.7 Å². The number of carbonyl (C=O) groups excluding carboxylic acids is 1. The van der Waals surface area contributed by atoms with Gasteiger partial charge in [0.05, 0.1) is 23.9 Å². The highest BCUT2D eigenvalue weighted by atomic mass is 16.5. The molecule has 7 nitrogen and oxygen atoms in total. The summed E-state index contributed by atoms with van der Waals surface area (Å²) in [7, 11) is 1.54. The van der Waals surface area contributed by atoms with Gasteiger partial charge in [0.1, 0.15) is 12.3 Å². The molecule has 0 spiro atoms. The maximum absolute atomic E-state index is 12.9. The summed E-state index contributed by atoms with van der Waals surface area (Å²) in [4.78, 5) is 30.0. The van der Waals surface area contributed by atoms with Crippen molar-refractivity contribution in [3.63, 3.8) is 0 Å². The van der Waals surface area contributed by atoms with Crippen molar-refractivity contribution in [2.45, 2.75) is 6.54 Å². The molecule has 0 aliphatic rings. The second-order valence-electron chi connectivity index (χ2n) is 6.13. The monoisotopic (exact) mass is 374 g/mol. The Morgan fingerprint density at radius 3 is 2.57 bits per heavy atom. The van der Waals surface area contributed by atoms with Gasteiger partial charge in [0, 0.05) is 6.20 Å². The zero-order valence-electron chi connectivity index (χ0n) is 15.2. The molecule has 0 aliphatic carbocycles. The number of rotatable bonds is 5. The van der Waals surface area contributed by atoms with Gasteiger partial charge in [-0.3, -0.25) is 14.3 Å². The van der Waals surface area contributed by atoms with Crippen molar-refractivity contribution in [1.29, 1.82) is 0 Å². The second-order valence-corrected chi connectivity index (χ2v) is 6.13. The summed E-state index contributed by atoms with van der Waals surface area (Å²) in [5.41, 5.74) is 1.45. The zero-order valence-corrected chi connectivity index (χ0v) is 15.2. The smallest absolute Gasteiger partial charge is 0.280 e. The summed E-state index contributed by atoms with van der Waals surface area (Å²) in [6, 6.07) is 19.7. The molecule has 0 aliphatic heterocycles. The topological polar surface area (TPSA) is 78.2 Å². The van der Waals surface area contributed by atoms with Crippen molar-refractivity contribution in [2.24, 2.45) is 0 Å². The summed E-state index contributed by atoms with van der Waals surface area (Å²) >= 11 is 0. The van der Waals surface area contributed by atoms with Gasteiger partial charge in [0.2, 0.25) is 5.91 Å². The second kappa shape index (κ2) is 7.40. The van der Waals surface area contributed by atoms with Gasteiger partial charge in [-0.15, -0.1) is 0 Å². The van der Waals surface area contributed by atoms with Crippen molar-refractivity contribution >= 4 is 22.6 Å². The molecular formula is C21H18N4O3. The Hall–Kier alpha value is -3.87. The Morgan fingerprint density at radius 2 is 1.79 bits per heavy atom. The van der Waals surface area contributed by atoms with Gasteiger partial charge in [-0.05, 0) is 36.4 Å². The maximum atomic E-state index is 12.9. The largest absolute Gasteiger partial charge is 0.495 e. The first-order chi connectivity index (χ1) is 13.7. The number of fused-ring (bicyclic) bond motifs is 1. The SMILES string of the molecule is COc1ccccc1NC(=O)Cn1c2ncccc2c(=O)n1-c1ccccc1. The van der Waals surface area contributed by atoms with E-state index in [0.29, 0.717) is 28.2 Å². The van der Waals surface area contributed by atoms with Crippen LogP contribution in [0.1, 0.15) is 0 Å². The summed E-state index contributed by atoms with van der Waals surface area (Å²) < 4.78 is 8.33. The molecule has 0 unspecified atom stereocenters. The molecule has 0 fully saturated rings. The van der Waals surface area contributed by atoms with Crippen molar-refractivity contribution in [3.8, 4) is 11.4 Å². The van der Waals surface area contributed by atoms with E-state index in [0.717, 1.165) is 0 Å². The summed E-state index contributed by atoms with van der Waals surface area (Å²) in [6.07, 6.45) is 1.60. The number of para-hydroxylation sites is 3. The van der Waals surface area contributed by atoms with Crippen LogP contribution in [-0.4, -0.2) is 27.4 Å². The van der Waals surface area contributed by atoms with E-state index in [2.05, 4.69) is 10.3 Å². The first-order valence-electron chi connectivity index (χ1n) is 8.74. The van der Waals surface area contributed by atoms with Crippen LogP contribution in [0, 0.1) is 0 Å². The Balaban J connectivity index is 1.76. The van der Waals surface area contributed by atoms with Gasteiger partial charge >= 0.3 is 0 Å². The lowest BCUT2D eigenvalue weighted by Gasteiger charge is -2.13. The minimum absolute atomic E-state index is 0.0807. The number of carbonyl (C=O) groups is 1. The van der Waals surface area contributed by atoms with Crippen molar-refractivity contribution < 1.29 is 9.53 Å². The lowest BCUT2D eigenvalue weighted by molar-refractivity contribution is -0.117. The fourth-order valence-corrected chi connectivity index (χ4v) is 3.13. The molecule has 28 heavy (non-hydrogen) atoms. The molecular weight excluding hydrogens is 356 g/mol. The van der Waals surface area contributed by atoms with E-state index in [1.807, 2.05) is 42.5 Å². The number of methoxy groups -OCH3 is 1. The van der Waals surface area contributed by atoms with Crippen LogP contribution < -0.4 is 15.6 Å². The Kier molecular flexibility index (Phi) is 4.63. The van der Waals surface area contributed by atoms with E-state index < -0.39 is 0 Å². The average Bonchev–Trinajstić information content (AvgIpc) is 3.01. The highest BCUT2D eigenvalue weighted by Gasteiger charge is 2.18. The lowest BCUT2D eigenvalue weighted by atomic mass is 10.3. The highest BCUT2D eigenvalue weighted by Crippen LogP contribution is 2.23. The van der Waals surface area contributed by atoms with Crippen LogP contribution in [0.15, 0.2) is 77.7 Å². The first kappa shape index (κ1) is 17.5. The zero-order chi connectivity index (χ0) is 19.5. The lowest BCUT2D eigenvalue weighted by Crippen LogP contribution is -2.27. The van der Waals surface area contributed by atoms with Crippen molar-refractivity contribution in [1.82, 2.24) is 14.3 Å². The minimum Gasteiger partial charge on any atom is -0.495 e. The number of aromatic nitrogens is 3. The van der Waals surface area contributed by atoms with Gasteiger partial charge in [0.15, 0.2) is 5.65 Å². The van der Waals surface area contributed by atoms with E-state index in [1.165, 1.54) is 4.68 Å². The van der Waals surface area contributed by atoms with Crippen molar-refractivity contribution in [2.75, 3.05) is 12.4 Å². The van der Waals surface area contributed by atoms with Crippen LogP contribution in [0.3, 0.4) is 0 Å². The average molecular weight is 374 g/mol. The van der Waals surface area contributed by atoms with Crippen LogP contribution in [0.4, 0.5) is 5.69 Å². The quantitative estimate of drug-likeness (QED) is 0.583. The van der Waals surface area contributed by atoms with E-state index in [4.69, 9.17) is 4.74 Å². The fourth-order valence-electron chi connectivity index (χ4n) is 3.13. The number of ether oxygens (including phenoxy) is 1. The molecule has 0 radical (unpaired) electrons. The fraction of sp³-hybridized carbons (Fsp3) is 0.0952. The Labute approximate surface area is 160 Å². The van der Waals surface area contributed by atoms with E-state index in [9.17, 15) is 9.59 Å². The van der Waals surface area contributed by atoms with Gasteiger partial charge < -0.3 is 10.1 Å². The third-order valence-corrected chi connectivity index (χ3v) is 4.37. The third kappa shape index (κ3) is 3.14. The molecule has 4 aromatic rings. The molecule has 0 saturated heterocycles. The standard InChI is InChI=1S/C21H18N4O3/c1-28-18-12-6-5-11-17(18)23-19(26)14-24-20-16(10-7-13-22-20)21(27)25(24)15-8-3-2-4-9-15/h2-13H,14H2,1H3,(H,23,26). The minimum atomic E-state index is -0.295. The highest BCUT2D eigenvalue weighted by molar-refractivity contribution is 5.92. The van der Waals surface area contributed by atoms with E-state index >= 15 is 0 Å². The molecule has 0 saturated carbocycles. The van der Waals surface area contributed by atoms with Gasteiger partial charge in [-0.25, -0.2) is 9.67 Å². The number of pyridine rings is 1. The van der Waals surface area contributed by atoms with E-state index in [-0.39, 0.29) is 18.0 Å². The van der Waals surface area contributed by atoms with Crippen molar-refractivity contribution in [3.05, 3.63) is 83.3 Å². The Bertz CT molecular complexity index is 1200. The Morgan fingerprint density at radius 1 is 1.04 bits per heavy atom. The molecule has 140 valence electrons. The molecule has 1 amide bonds. The molecule has 4 rings (SSSR count). The van der Waals surface area contributed by atoms with Crippen LogP contribution in [0.5, 0.6) is 5.75 Å². The first-order valence-corrected chi connectivity index (χ1v) is 8.74. The van der Waals surface area contributed by atoms with Crippen LogP contribution in [0.2, 0.25) is 0 Å². The maximum Gasteiger partial charge on any atom is 0.280 e. The van der Waals surface area contributed by atoms with Crippen LogP contribution in [-0.2, 0) is 11.3 Å². The predicted molar refractivity (Wildman–Crippen MR) is 107 cm³/mol.